The van der Waals surface area contributed by atoms with E-state index < -0.39 is 11.7 Å². The normalized spacial score (nSPS) is 11.2. The van der Waals surface area contributed by atoms with Crippen molar-refractivity contribution >= 4 is 40.9 Å². The number of rotatable bonds is 7. The van der Waals surface area contributed by atoms with Crippen molar-refractivity contribution in [1.29, 1.82) is 0 Å². The van der Waals surface area contributed by atoms with Crippen molar-refractivity contribution in [1.82, 2.24) is 14.9 Å². The minimum Gasteiger partial charge on any atom is -0.444 e. The van der Waals surface area contributed by atoms with Crippen LogP contribution in [0.25, 0.3) is 11.1 Å². The summed E-state index contributed by atoms with van der Waals surface area (Å²) in [4.78, 5) is 34.9. The van der Waals surface area contributed by atoms with Gasteiger partial charge in [0, 0.05) is 30.2 Å². The van der Waals surface area contributed by atoms with Crippen LogP contribution in [0.4, 0.5) is 10.5 Å². The average molecular weight is 531 g/mol. The number of aliphatic hydroxyl groups is 1. The van der Waals surface area contributed by atoms with E-state index in [9.17, 15) is 14.7 Å². The molecular formula is C26H28Cl2N4O4. The summed E-state index contributed by atoms with van der Waals surface area (Å²) in [6, 6.07) is 10.5. The largest absolute Gasteiger partial charge is 0.444 e. The number of hydrogen-bond donors (Lipinski definition) is 2. The molecule has 0 bridgehead atoms. The van der Waals surface area contributed by atoms with Crippen LogP contribution in [0.15, 0.2) is 48.8 Å². The van der Waals surface area contributed by atoms with Crippen molar-refractivity contribution in [3.8, 4) is 11.1 Å². The van der Waals surface area contributed by atoms with Crippen molar-refractivity contribution in [2.75, 3.05) is 18.5 Å². The smallest absolute Gasteiger partial charge is 0.410 e. The first-order valence-corrected chi connectivity index (χ1v) is 12.0. The van der Waals surface area contributed by atoms with E-state index in [1.165, 1.54) is 11.1 Å². The summed E-state index contributed by atoms with van der Waals surface area (Å²) in [7, 11) is 0. The van der Waals surface area contributed by atoms with Crippen molar-refractivity contribution in [3.63, 3.8) is 0 Å². The van der Waals surface area contributed by atoms with Crippen LogP contribution in [0.5, 0.6) is 0 Å². The highest BCUT2D eigenvalue weighted by Gasteiger charge is 2.22. The third-order valence-corrected chi connectivity index (χ3v) is 5.94. The number of aromatic nitrogens is 2. The predicted octanol–water partition coefficient (Wildman–Crippen LogP) is 5.74. The van der Waals surface area contributed by atoms with Crippen LogP contribution < -0.4 is 5.32 Å². The number of benzene rings is 1. The number of nitrogens with zero attached hydrogens (tertiary/aromatic N) is 3. The Labute approximate surface area is 220 Å². The lowest BCUT2D eigenvalue weighted by Crippen LogP contribution is -2.38. The summed E-state index contributed by atoms with van der Waals surface area (Å²) in [6.07, 6.45) is 2.56. The molecule has 8 nitrogen and oxygen atoms in total. The van der Waals surface area contributed by atoms with Gasteiger partial charge in [0.15, 0.2) is 0 Å². The average Bonchev–Trinajstić information content (AvgIpc) is 2.81. The first-order chi connectivity index (χ1) is 17.0. The van der Waals surface area contributed by atoms with E-state index in [1.807, 2.05) is 19.1 Å². The highest BCUT2D eigenvalue weighted by atomic mass is 35.5. The number of nitrogens with one attached hydrogen (secondary N) is 1. The fourth-order valence-corrected chi connectivity index (χ4v) is 3.80. The van der Waals surface area contributed by atoms with Gasteiger partial charge in [-0.25, -0.2) is 9.78 Å². The number of hydrogen-bond acceptors (Lipinski definition) is 6. The summed E-state index contributed by atoms with van der Waals surface area (Å²) in [5, 5.41) is 12.8. The van der Waals surface area contributed by atoms with E-state index in [0.29, 0.717) is 21.8 Å². The molecule has 0 unspecified atom stereocenters. The summed E-state index contributed by atoms with van der Waals surface area (Å²) in [6.45, 7) is 7.28. The number of halogens is 2. The number of carbonyl (C=O) groups excluding carboxylic acids is 2. The molecule has 2 N–H and O–H groups in total. The summed E-state index contributed by atoms with van der Waals surface area (Å²) in [5.74, 6) is -0.389. The van der Waals surface area contributed by atoms with Crippen LogP contribution in [0, 0.1) is 6.92 Å². The lowest BCUT2D eigenvalue weighted by molar-refractivity contribution is 0.0201. The highest BCUT2D eigenvalue weighted by molar-refractivity contribution is 6.43. The molecule has 0 aliphatic carbocycles. The molecular weight excluding hydrogens is 503 g/mol. The minimum atomic E-state index is -0.657. The molecule has 0 atom stereocenters. The van der Waals surface area contributed by atoms with E-state index in [-0.39, 0.29) is 36.5 Å². The Balaban J connectivity index is 1.74. The molecule has 0 fully saturated rings. The molecule has 190 valence electrons. The fourth-order valence-electron chi connectivity index (χ4n) is 3.43. The molecule has 0 radical (unpaired) electrons. The molecule has 0 aliphatic rings. The van der Waals surface area contributed by atoms with Gasteiger partial charge in [-0.2, -0.15) is 0 Å². The van der Waals surface area contributed by atoms with E-state index >= 15 is 0 Å². The highest BCUT2D eigenvalue weighted by Crippen LogP contribution is 2.36. The summed E-state index contributed by atoms with van der Waals surface area (Å²) in [5.41, 5.74) is 3.18. The quantitative estimate of drug-likeness (QED) is 0.377. The number of amides is 2. The van der Waals surface area contributed by atoms with Gasteiger partial charge in [-0.1, -0.05) is 41.4 Å². The number of pyridine rings is 2. The molecule has 0 saturated carbocycles. The van der Waals surface area contributed by atoms with Gasteiger partial charge in [-0.05, 0) is 62.6 Å². The molecule has 2 heterocycles. The maximum absolute atomic E-state index is 12.9. The SMILES string of the molecule is Cc1c(NC(=O)c2ccc(CN(CCO)C(=O)OC(C)(C)C)cn2)cccc1-c1ccnc(Cl)c1Cl. The molecule has 2 aromatic heterocycles. The zero-order chi connectivity index (χ0) is 26.5. The number of carbonyl (C=O) groups is 2. The Morgan fingerprint density at radius 3 is 2.47 bits per heavy atom. The first kappa shape index (κ1) is 27.4. The molecule has 1 aromatic carbocycles. The van der Waals surface area contributed by atoms with Gasteiger partial charge in [0.05, 0.1) is 18.2 Å². The number of aliphatic hydroxyl groups excluding tert-OH is 1. The van der Waals surface area contributed by atoms with Crippen molar-refractivity contribution < 1.29 is 19.4 Å². The monoisotopic (exact) mass is 530 g/mol. The van der Waals surface area contributed by atoms with Crippen LogP contribution in [-0.4, -0.2) is 50.7 Å². The third kappa shape index (κ3) is 6.94. The third-order valence-electron chi connectivity index (χ3n) is 5.17. The second-order valence-corrected chi connectivity index (χ2v) is 9.81. The Bertz CT molecular complexity index is 1240. The molecule has 3 aromatic rings. The maximum Gasteiger partial charge on any atom is 0.410 e. The van der Waals surface area contributed by atoms with Gasteiger partial charge in [-0.3, -0.25) is 9.78 Å². The minimum absolute atomic E-state index is 0.111. The Morgan fingerprint density at radius 2 is 1.83 bits per heavy atom. The number of ether oxygens (including phenoxy) is 1. The number of anilines is 1. The van der Waals surface area contributed by atoms with E-state index in [0.717, 1.165) is 11.1 Å². The zero-order valence-electron chi connectivity index (χ0n) is 20.5. The van der Waals surface area contributed by atoms with Gasteiger partial charge >= 0.3 is 6.09 Å². The predicted molar refractivity (Wildman–Crippen MR) is 140 cm³/mol. The van der Waals surface area contributed by atoms with Crippen LogP contribution >= 0.6 is 23.2 Å². The van der Waals surface area contributed by atoms with Crippen LogP contribution in [-0.2, 0) is 11.3 Å². The van der Waals surface area contributed by atoms with Gasteiger partial charge in [0.1, 0.15) is 16.4 Å². The molecule has 36 heavy (non-hydrogen) atoms. The van der Waals surface area contributed by atoms with Crippen molar-refractivity contribution in [2.24, 2.45) is 0 Å². The second-order valence-electron chi connectivity index (χ2n) is 9.07. The van der Waals surface area contributed by atoms with Gasteiger partial charge < -0.3 is 20.1 Å². The van der Waals surface area contributed by atoms with Gasteiger partial charge in [-0.15, -0.1) is 0 Å². The maximum atomic E-state index is 12.9. The van der Waals surface area contributed by atoms with Gasteiger partial charge in [0.2, 0.25) is 0 Å². The van der Waals surface area contributed by atoms with E-state index in [1.54, 1.807) is 51.2 Å². The standard InChI is InChI=1S/C26H28Cl2N4O4/c1-16-18(19-10-11-29-23(28)22(19)27)6-5-7-20(16)31-24(34)21-9-8-17(14-30-21)15-32(12-13-33)25(35)36-26(2,3)4/h5-11,14,33H,12-13,15H2,1-4H3,(H,31,34). The van der Waals surface area contributed by atoms with E-state index in [2.05, 4.69) is 15.3 Å². The van der Waals surface area contributed by atoms with Gasteiger partial charge in [0.25, 0.3) is 5.91 Å². The molecule has 10 heteroatoms. The summed E-state index contributed by atoms with van der Waals surface area (Å²) < 4.78 is 5.39. The lowest BCUT2D eigenvalue weighted by atomic mass is 10.00. The second kappa shape index (κ2) is 11.7. The molecule has 0 spiro atoms. The van der Waals surface area contributed by atoms with Crippen LogP contribution in [0.1, 0.15) is 42.4 Å². The zero-order valence-corrected chi connectivity index (χ0v) is 22.0. The Kier molecular flexibility index (Phi) is 8.89. The molecule has 0 saturated heterocycles. The molecule has 0 aliphatic heterocycles. The molecule has 2 amide bonds. The summed E-state index contributed by atoms with van der Waals surface area (Å²) >= 11 is 12.4. The Hall–Kier alpha value is -3.20. The van der Waals surface area contributed by atoms with Crippen molar-refractivity contribution in [3.05, 3.63) is 75.8 Å². The Morgan fingerprint density at radius 1 is 1.08 bits per heavy atom. The molecule has 3 rings (SSSR count). The fraction of sp³-hybridized carbons (Fsp3) is 0.308. The van der Waals surface area contributed by atoms with Crippen molar-refractivity contribution in [2.45, 2.75) is 39.8 Å². The lowest BCUT2D eigenvalue weighted by Gasteiger charge is -2.27. The first-order valence-electron chi connectivity index (χ1n) is 11.2. The van der Waals surface area contributed by atoms with Crippen LogP contribution in [0.2, 0.25) is 10.2 Å². The van der Waals surface area contributed by atoms with Crippen LogP contribution in [0.3, 0.4) is 0 Å². The topological polar surface area (TPSA) is 105 Å². The van der Waals surface area contributed by atoms with E-state index in [4.69, 9.17) is 27.9 Å².